The third-order valence-corrected chi connectivity index (χ3v) is 2.96. The summed E-state index contributed by atoms with van der Waals surface area (Å²) >= 11 is 0. The molecular weight excluding hydrogens is 206 g/mol. The van der Waals surface area contributed by atoms with Crippen LogP contribution in [0.2, 0.25) is 0 Å². The predicted molar refractivity (Wildman–Crippen MR) is 56.4 cm³/mol. The second kappa shape index (κ2) is 3.45. The summed E-state index contributed by atoms with van der Waals surface area (Å²) in [7, 11) is 0. The molecule has 2 heterocycles. The summed E-state index contributed by atoms with van der Waals surface area (Å²) in [4.78, 5) is 4.33. The zero-order valence-electron chi connectivity index (χ0n) is 9.01. The van der Waals surface area contributed by atoms with Crippen LogP contribution < -0.4 is 5.73 Å². The van der Waals surface area contributed by atoms with Crippen molar-refractivity contribution in [1.29, 1.82) is 0 Å². The van der Waals surface area contributed by atoms with Gasteiger partial charge in [-0.05, 0) is 24.5 Å². The van der Waals surface area contributed by atoms with Crippen molar-refractivity contribution in [2.24, 2.45) is 11.7 Å². The van der Waals surface area contributed by atoms with E-state index >= 15 is 0 Å². The summed E-state index contributed by atoms with van der Waals surface area (Å²) < 4.78 is 10.6. The molecule has 84 valence electrons. The van der Waals surface area contributed by atoms with Crippen LogP contribution in [0.4, 0.5) is 0 Å². The number of nitrogens with two attached hydrogens (primary N) is 1. The van der Waals surface area contributed by atoms with Gasteiger partial charge in [0.1, 0.15) is 5.76 Å². The molecule has 0 spiro atoms. The lowest BCUT2D eigenvalue weighted by Gasteiger charge is -1.87. The van der Waals surface area contributed by atoms with Crippen LogP contribution in [0, 0.1) is 5.92 Å². The lowest BCUT2D eigenvalue weighted by atomic mass is 10.3. The molecule has 0 radical (unpaired) electrons. The molecule has 2 aromatic rings. The van der Waals surface area contributed by atoms with Gasteiger partial charge in [0.25, 0.3) is 5.89 Å². The smallest absolute Gasteiger partial charge is 0.293 e. The Kier molecular flexibility index (Phi) is 2.07. The minimum atomic E-state index is 0.376. The highest BCUT2D eigenvalue weighted by Crippen LogP contribution is 2.45. The number of nitrogens with zero attached hydrogens (tertiary/aromatic N) is 2. The number of rotatable bonds is 3. The minimum absolute atomic E-state index is 0.376. The standard InChI is InChI=1S/C11H13N3O2/c1-6-4-8(6)10-13-11(16-14-10)9-3-2-7(5-12)15-9/h2-3,6,8H,4-5,12H2,1H3. The molecule has 3 rings (SSSR count). The number of hydrogen-bond donors (Lipinski definition) is 1. The normalized spacial score (nSPS) is 23.6. The fourth-order valence-electron chi connectivity index (χ4n) is 1.77. The van der Waals surface area contributed by atoms with E-state index in [9.17, 15) is 0 Å². The van der Waals surface area contributed by atoms with Crippen LogP contribution in [-0.4, -0.2) is 10.1 Å². The number of furan rings is 1. The highest BCUT2D eigenvalue weighted by Gasteiger charge is 2.38. The van der Waals surface area contributed by atoms with Gasteiger partial charge in [-0.2, -0.15) is 4.98 Å². The average Bonchev–Trinajstić information content (AvgIpc) is 2.80. The van der Waals surface area contributed by atoms with Gasteiger partial charge < -0.3 is 14.7 Å². The Bertz CT molecular complexity index is 503. The van der Waals surface area contributed by atoms with Gasteiger partial charge in [-0.1, -0.05) is 12.1 Å². The minimum Gasteiger partial charge on any atom is -0.455 e. The maximum absolute atomic E-state index is 5.46. The van der Waals surface area contributed by atoms with Crippen molar-refractivity contribution in [1.82, 2.24) is 10.1 Å². The molecule has 1 aliphatic rings. The molecule has 0 saturated heterocycles. The Morgan fingerprint density at radius 3 is 2.94 bits per heavy atom. The van der Waals surface area contributed by atoms with E-state index in [2.05, 4.69) is 17.1 Å². The third kappa shape index (κ3) is 1.53. The zero-order valence-corrected chi connectivity index (χ0v) is 9.01. The fraction of sp³-hybridized carbons (Fsp3) is 0.455. The highest BCUT2D eigenvalue weighted by atomic mass is 16.5. The summed E-state index contributed by atoms with van der Waals surface area (Å²) in [5.74, 6) is 3.66. The predicted octanol–water partition coefficient (Wildman–Crippen LogP) is 1.91. The third-order valence-electron chi connectivity index (χ3n) is 2.96. The van der Waals surface area contributed by atoms with Crippen molar-refractivity contribution in [3.63, 3.8) is 0 Å². The van der Waals surface area contributed by atoms with Crippen molar-refractivity contribution < 1.29 is 8.94 Å². The van der Waals surface area contributed by atoms with Gasteiger partial charge in [0.2, 0.25) is 0 Å². The Hall–Kier alpha value is -1.62. The zero-order chi connectivity index (χ0) is 11.1. The van der Waals surface area contributed by atoms with Gasteiger partial charge in [0, 0.05) is 5.92 Å². The van der Waals surface area contributed by atoms with E-state index in [0.29, 0.717) is 30.0 Å². The van der Waals surface area contributed by atoms with Gasteiger partial charge in [-0.3, -0.25) is 0 Å². The van der Waals surface area contributed by atoms with Crippen LogP contribution in [0.1, 0.15) is 30.8 Å². The van der Waals surface area contributed by atoms with E-state index in [-0.39, 0.29) is 0 Å². The van der Waals surface area contributed by atoms with Crippen LogP contribution in [-0.2, 0) is 6.54 Å². The molecule has 2 atom stereocenters. The molecule has 1 saturated carbocycles. The van der Waals surface area contributed by atoms with Crippen LogP contribution in [0.3, 0.4) is 0 Å². The van der Waals surface area contributed by atoms with Gasteiger partial charge in [-0.15, -0.1) is 0 Å². The van der Waals surface area contributed by atoms with Crippen LogP contribution >= 0.6 is 0 Å². The van der Waals surface area contributed by atoms with Crippen LogP contribution in [0.25, 0.3) is 11.7 Å². The first-order valence-electron chi connectivity index (χ1n) is 5.40. The average molecular weight is 219 g/mol. The molecule has 2 aromatic heterocycles. The first-order valence-corrected chi connectivity index (χ1v) is 5.40. The van der Waals surface area contributed by atoms with Crippen LogP contribution in [0.5, 0.6) is 0 Å². The molecule has 0 bridgehead atoms. The summed E-state index contributed by atoms with van der Waals surface area (Å²) in [6.45, 7) is 2.56. The lowest BCUT2D eigenvalue weighted by Crippen LogP contribution is -1.92. The molecule has 1 aliphatic carbocycles. The summed E-state index contributed by atoms with van der Waals surface area (Å²) in [6.07, 6.45) is 1.14. The van der Waals surface area contributed by atoms with Crippen molar-refractivity contribution in [3.8, 4) is 11.7 Å². The second-order valence-electron chi connectivity index (χ2n) is 4.25. The first kappa shape index (κ1) is 9.59. The van der Waals surface area contributed by atoms with Crippen molar-refractivity contribution >= 4 is 0 Å². The molecule has 1 fully saturated rings. The van der Waals surface area contributed by atoms with Gasteiger partial charge in [-0.25, -0.2) is 0 Å². The Labute approximate surface area is 92.6 Å². The highest BCUT2D eigenvalue weighted by molar-refractivity contribution is 5.44. The molecule has 0 amide bonds. The molecule has 5 heteroatoms. The maximum atomic E-state index is 5.46. The van der Waals surface area contributed by atoms with E-state index in [1.807, 2.05) is 6.07 Å². The molecule has 2 N–H and O–H groups in total. The van der Waals surface area contributed by atoms with Crippen molar-refractivity contribution in [2.75, 3.05) is 0 Å². The van der Waals surface area contributed by atoms with Gasteiger partial charge in [0.05, 0.1) is 6.54 Å². The number of hydrogen-bond acceptors (Lipinski definition) is 5. The van der Waals surface area contributed by atoms with E-state index in [0.717, 1.165) is 18.0 Å². The molecular formula is C11H13N3O2. The van der Waals surface area contributed by atoms with Crippen molar-refractivity contribution in [2.45, 2.75) is 25.8 Å². The van der Waals surface area contributed by atoms with Gasteiger partial charge >= 0.3 is 0 Å². The lowest BCUT2D eigenvalue weighted by molar-refractivity contribution is 0.404. The Morgan fingerprint density at radius 1 is 1.50 bits per heavy atom. The van der Waals surface area contributed by atoms with E-state index in [4.69, 9.17) is 14.7 Å². The number of aromatic nitrogens is 2. The van der Waals surface area contributed by atoms with E-state index < -0.39 is 0 Å². The van der Waals surface area contributed by atoms with Crippen LogP contribution in [0.15, 0.2) is 21.1 Å². The van der Waals surface area contributed by atoms with Gasteiger partial charge in [0.15, 0.2) is 11.6 Å². The molecule has 5 nitrogen and oxygen atoms in total. The second-order valence-corrected chi connectivity index (χ2v) is 4.25. The maximum Gasteiger partial charge on any atom is 0.293 e. The Morgan fingerprint density at radius 2 is 2.31 bits per heavy atom. The quantitative estimate of drug-likeness (QED) is 0.853. The van der Waals surface area contributed by atoms with E-state index in [1.54, 1.807) is 6.07 Å². The molecule has 0 aliphatic heterocycles. The molecule has 16 heavy (non-hydrogen) atoms. The summed E-state index contributed by atoms with van der Waals surface area (Å²) in [5.41, 5.74) is 5.46. The van der Waals surface area contributed by atoms with E-state index in [1.165, 1.54) is 0 Å². The molecule has 2 unspecified atom stereocenters. The Balaban J connectivity index is 1.86. The fourth-order valence-corrected chi connectivity index (χ4v) is 1.77. The first-order chi connectivity index (χ1) is 7.78. The largest absolute Gasteiger partial charge is 0.455 e. The molecule has 0 aromatic carbocycles. The summed E-state index contributed by atoms with van der Waals surface area (Å²) in [6, 6.07) is 3.62. The SMILES string of the molecule is CC1CC1c1noc(-c2ccc(CN)o2)n1. The van der Waals surface area contributed by atoms with Crippen molar-refractivity contribution in [3.05, 3.63) is 23.7 Å². The topological polar surface area (TPSA) is 78.1 Å². The monoisotopic (exact) mass is 219 g/mol. The summed E-state index contributed by atoms with van der Waals surface area (Å²) in [5, 5.41) is 3.96.